The molecule has 0 bridgehead atoms. The van der Waals surface area contributed by atoms with Gasteiger partial charge in [0.15, 0.2) is 0 Å². The van der Waals surface area contributed by atoms with Crippen molar-refractivity contribution < 1.29 is 9.53 Å². The van der Waals surface area contributed by atoms with Gasteiger partial charge in [0.05, 0.1) is 5.60 Å². The molecule has 0 saturated heterocycles. The Morgan fingerprint density at radius 1 is 1.19 bits per heavy atom. The van der Waals surface area contributed by atoms with Gasteiger partial charge < -0.3 is 4.74 Å². The van der Waals surface area contributed by atoms with Gasteiger partial charge in [0, 0.05) is 20.0 Å². The van der Waals surface area contributed by atoms with Gasteiger partial charge >= 0.3 is 0 Å². The SMILES string of the molecule is COC1(c2ccccc2C)CCC(=O)CC1. The Balaban J connectivity index is 2.35. The molecular weight excluding hydrogens is 200 g/mol. The highest BCUT2D eigenvalue weighted by atomic mass is 16.5. The van der Waals surface area contributed by atoms with Crippen LogP contribution in [-0.2, 0) is 15.1 Å². The van der Waals surface area contributed by atoms with E-state index >= 15 is 0 Å². The Morgan fingerprint density at radius 3 is 2.38 bits per heavy atom. The summed E-state index contributed by atoms with van der Waals surface area (Å²) in [6, 6.07) is 8.30. The van der Waals surface area contributed by atoms with Crippen LogP contribution in [0.1, 0.15) is 36.8 Å². The van der Waals surface area contributed by atoms with Crippen molar-refractivity contribution in [1.29, 1.82) is 0 Å². The number of ether oxygens (including phenoxy) is 1. The zero-order chi connectivity index (χ0) is 11.6. The van der Waals surface area contributed by atoms with Crippen molar-refractivity contribution in [2.24, 2.45) is 0 Å². The van der Waals surface area contributed by atoms with Crippen LogP contribution in [0.25, 0.3) is 0 Å². The van der Waals surface area contributed by atoms with Crippen LogP contribution in [0.5, 0.6) is 0 Å². The van der Waals surface area contributed by atoms with E-state index in [0.717, 1.165) is 12.8 Å². The molecule has 1 aromatic rings. The molecule has 1 fully saturated rings. The lowest BCUT2D eigenvalue weighted by molar-refractivity contribution is -0.127. The molecule has 1 aliphatic carbocycles. The summed E-state index contributed by atoms with van der Waals surface area (Å²) < 4.78 is 5.74. The van der Waals surface area contributed by atoms with Gasteiger partial charge in [-0.05, 0) is 30.9 Å². The Hall–Kier alpha value is -1.15. The number of Topliss-reactive ketones (excluding diaryl/α,β-unsaturated/α-hetero) is 1. The molecule has 2 nitrogen and oxygen atoms in total. The Labute approximate surface area is 96.6 Å². The van der Waals surface area contributed by atoms with Crippen LogP contribution in [0.4, 0.5) is 0 Å². The molecule has 0 amide bonds. The molecule has 0 spiro atoms. The molecule has 0 atom stereocenters. The zero-order valence-electron chi connectivity index (χ0n) is 9.95. The topological polar surface area (TPSA) is 26.3 Å². The number of benzene rings is 1. The maximum Gasteiger partial charge on any atom is 0.133 e. The number of rotatable bonds is 2. The average molecular weight is 218 g/mol. The van der Waals surface area contributed by atoms with E-state index < -0.39 is 0 Å². The Bertz CT molecular complexity index is 385. The third-order valence-electron chi connectivity index (χ3n) is 3.64. The first-order chi connectivity index (χ1) is 7.68. The maximum atomic E-state index is 11.3. The number of aryl methyl sites for hydroxylation is 1. The van der Waals surface area contributed by atoms with Gasteiger partial charge in [-0.3, -0.25) is 4.79 Å². The minimum Gasteiger partial charge on any atom is -0.373 e. The summed E-state index contributed by atoms with van der Waals surface area (Å²) in [6.07, 6.45) is 2.91. The number of hydrogen-bond donors (Lipinski definition) is 0. The summed E-state index contributed by atoms with van der Waals surface area (Å²) in [5.41, 5.74) is 2.25. The summed E-state index contributed by atoms with van der Waals surface area (Å²) in [4.78, 5) is 11.3. The van der Waals surface area contributed by atoms with Gasteiger partial charge in [-0.25, -0.2) is 0 Å². The number of ketones is 1. The predicted molar refractivity (Wildman–Crippen MR) is 63.3 cm³/mol. The van der Waals surface area contributed by atoms with Crippen molar-refractivity contribution in [1.82, 2.24) is 0 Å². The largest absolute Gasteiger partial charge is 0.373 e. The van der Waals surface area contributed by atoms with Crippen LogP contribution in [0.2, 0.25) is 0 Å². The predicted octanol–water partition coefficient (Wildman–Crippen LogP) is 2.98. The van der Waals surface area contributed by atoms with Crippen molar-refractivity contribution in [3.05, 3.63) is 35.4 Å². The minimum absolute atomic E-state index is 0.237. The summed E-state index contributed by atoms with van der Waals surface area (Å²) in [5, 5.41) is 0. The van der Waals surface area contributed by atoms with Gasteiger partial charge in [-0.15, -0.1) is 0 Å². The van der Waals surface area contributed by atoms with Crippen LogP contribution in [0.15, 0.2) is 24.3 Å². The Morgan fingerprint density at radius 2 is 1.81 bits per heavy atom. The fraction of sp³-hybridized carbons (Fsp3) is 0.500. The maximum absolute atomic E-state index is 11.3. The molecule has 2 rings (SSSR count). The van der Waals surface area contributed by atoms with Crippen molar-refractivity contribution in [2.75, 3.05) is 7.11 Å². The second-order valence-corrected chi connectivity index (χ2v) is 4.55. The number of methoxy groups -OCH3 is 1. The number of carbonyl (C=O) groups is 1. The normalized spacial score (nSPS) is 19.8. The molecule has 0 aliphatic heterocycles. The van der Waals surface area contributed by atoms with Crippen LogP contribution in [0.3, 0.4) is 0 Å². The standard InChI is InChI=1S/C14H18O2/c1-11-5-3-4-6-13(11)14(16-2)9-7-12(15)8-10-14/h3-6H,7-10H2,1-2H3. The lowest BCUT2D eigenvalue weighted by atomic mass is 9.77. The first kappa shape index (κ1) is 11.3. The molecule has 86 valence electrons. The first-order valence-electron chi connectivity index (χ1n) is 5.81. The highest BCUT2D eigenvalue weighted by Crippen LogP contribution is 2.40. The molecule has 0 heterocycles. The molecule has 0 aromatic heterocycles. The fourth-order valence-electron chi connectivity index (χ4n) is 2.60. The van der Waals surface area contributed by atoms with Crippen molar-refractivity contribution in [3.63, 3.8) is 0 Å². The van der Waals surface area contributed by atoms with E-state index in [1.807, 2.05) is 12.1 Å². The number of hydrogen-bond acceptors (Lipinski definition) is 2. The smallest absolute Gasteiger partial charge is 0.133 e. The molecule has 2 heteroatoms. The van der Waals surface area contributed by atoms with E-state index in [-0.39, 0.29) is 5.60 Å². The van der Waals surface area contributed by atoms with Gasteiger partial charge in [0.1, 0.15) is 5.78 Å². The lowest BCUT2D eigenvalue weighted by Gasteiger charge is -2.37. The molecule has 1 saturated carbocycles. The van der Waals surface area contributed by atoms with Crippen molar-refractivity contribution in [2.45, 2.75) is 38.2 Å². The molecule has 0 N–H and O–H groups in total. The number of carbonyl (C=O) groups excluding carboxylic acids is 1. The van der Waals surface area contributed by atoms with Gasteiger partial charge in [-0.1, -0.05) is 24.3 Å². The lowest BCUT2D eigenvalue weighted by Crippen LogP contribution is -2.34. The quantitative estimate of drug-likeness (QED) is 0.762. The molecule has 0 radical (unpaired) electrons. The van der Waals surface area contributed by atoms with E-state index in [4.69, 9.17) is 4.74 Å². The average Bonchev–Trinajstić information content (AvgIpc) is 2.32. The summed E-state index contributed by atoms with van der Waals surface area (Å²) in [5.74, 6) is 0.362. The van der Waals surface area contributed by atoms with E-state index in [0.29, 0.717) is 18.6 Å². The highest BCUT2D eigenvalue weighted by Gasteiger charge is 2.37. The summed E-state index contributed by atoms with van der Waals surface area (Å²) in [6.45, 7) is 2.10. The van der Waals surface area contributed by atoms with Crippen LogP contribution in [0, 0.1) is 6.92 Å². The van der Waals surface area contributed by atoms with E-state index in [9.17, 15) is 4.79 Å². The molecule has 1 aromatic carbocycles. The van der Waals surface area contributed by atoms with E-state index in [1.54, 1.807) is 7.11 Å². The van der Waals surface area contributed by atoms with Crippen LogP contribution >= 0.6 is 0 Å². The minimum atomic E-state index is -0.237. The van der Waals surface area contributed by atoms with Gasteiger partial charge in [0.2, 0.25) is 0 Å². The van der Waals surface area contributed by atoms with E-state index in [2.05, 4.69) is 19.1 Å². The molecule has 0 unspecified atom stereocenters. The highest BCUT2D eigenvalue weighted by molar-refractivity contribution is 5.79. The third kappa shape index (κ3) is 1.90. The van der Waals surface area contributed by atoms with Crippen LogP contribution in [-0.4, -0.2) is 12.9 Å². The molecule has 1 aliphatic rings. The Kier molecular flexibility index (Phi) is 3.10. The third-order valence-corrected chi connectivity index (χ3v) is 3.64. The van der Waals surface area contributed by atoms with Gasteiger partial charge in [0.25, 0.3) is 0 Å². The second kappa shape index (κ2) is 4.38. The second-order valence-electron chi connectivity index (χ2n) is 4.55. The monoisotopic (exact) mass is 218 g/mol. The molecule has 16 heavy (non-hydrogen) atoms. The zero-order valence-corrected chi connectivity index (χ0v) is 9.95. The van der Waals surface area contributed by atoms with Crippen molar-refractivity contribution in [3.8, 4) is 0 Å². The van der Waals surface area contributed by atoms with Crippen molar-refractivity contribution >= 4 is 5.78 Å². The molecular formula is C14H18O2. The van der Waals surface area contributed by atoms with Crippen LogP contribution < -0.4 is 0 Å². The van der Waals surface area contributed by atoms with Gasteiger partial charge in [-0.2, -0.15) is 0 Å². The summed E-state index contributed by atoms with van der Waals surface area (Å²) >= 11 is 0. The summed E-state index contributed by atoms with van der Waals surface area (Å²) in [7, 11) is 1.75. The first-order valence-corrected chi connectivity index (χ1v) is 5.81. The van der Waals surface area contributed by atoms with E-state index in [1.165, 1.54) is 11.1 Å². The fourth-order valence-corrected chi connectivity index (χ4v) is 2.60.